The van der Waals surface area contributed by atoms with Crippen LogP contribution in [0.3, 0.4) is 0 Å². The fourth-order valence-electron chi connectivity index (χ4n) is 2.59. The van der Waals surface area contributed by atoms with Crippen LogP contribution in [0.5, 0.6) is 0 Å². The number of methoxy groups -OCH3 is 2. The van der Waals surface area contributed by atoms with Crippen LogP contribution in [0.15, 0.2) is 0 Å². The monoisotopic (exact) mass is 925 g/mol. The van der Waals surface area contributed by atoms with Gasteiger partial charge in [0.1, 0.15) is 0 Å². The van der Waals surface area contributed by atoms with Gasteiger partial charge in [-0.05, 0) is 86.0 Å². The molecule has 1 saturated carbocycles. The molecule has 1 saturated heterocycles. The molecule has 0 spiro atoms. The number of nitrogens with zero attached hydrogens (tertiary/aromatic N) is 1. The molecule has 2 fully saturated rings. The van der Waals surface area contributed by atoms with Gasteiger partial charge in [-0.3, -0.25) is 4.74 Å². The van der Waals surface area contributed by atoms with Gasteiger partial charge in [-0.15, -0.1) is 13.2 Å². The first-order valence-electron chi connectivity index (χ1n) is 16.2. The standard InChI is InChI=1S/C7H15NO.C4H10N2O.C4H9NO2S.C4H11NO2S.C4H9NO2.C2H3F3O.C2H7NO2S.CH3Br.CH4/c1-9-7-6-8-4-2-3-5-8;1-3-6-4(7)5-2;1-5-8(6,7)4-2-3-4;1-3-4-8(6,7)5-2;1-3-7-4(6)5-2;1-6-2(3,4)5;1-3-6(2,4)5;1-2;/h2-7H2,1H3;3H2,1-2H3,(H2,5,6,7);4-5H,2-3H2,1H3;5H,3-4H2,1-2H3;3H2,1-2H3,(H,5,6);1H3;3H,1-2H3;1H3;1H4. The van der Waals surface area contributed by atoms with E-state index in [9.17, 15) is 48.0 Å². The lowest BCUT2D eigenvalue weighted by Gasteiger charge is -2.12. The summed E-state index contributed by atoms with van der Waals surface area (Å²) in [6.45, 7) is 11.1. The Bertz CT molecular complexity index is 1150. The number of urea groups is 1. The molecule has 1 aliphatic heterocycles. The second kappa shape index (κ2) is 42.6. The summed E-state index contributed by atoms with van der Waals surface area (Å²) < 4.78 is 113. The Morgan fingerprint density at radius 2 is 1.28 bits per heavy atom. The quantitative estimate of drug-likeness (QED) is 0.164. The van der Waals surface area contributed by atoms with E-state index in [4.69, 9.17) is 4.74 Å². The fraction of sp³-hybridized carbons (Fsp3) is 0.931. The zero-order chi connectivity index (χ0) is 43.2. The number of ether oxygens (including phenoxy) is 3. The Morgan fingerprint density at radius 3 is 1.44 bits per heavy atom. The van der Waals surface area contributed by atoms with Crippen molar-refractivity contribution in [2.45, 2.75) is 71.9 Å². The molecule has 334 valence electrons. The van der Waals surface area contributed by atoms with Crippen molar-refractivity contribution in [1.29, 1.82) is 0 Å². The third-order valence-electron chi connectivity index (χ3n) is 5.49. The Morgan fingerprint density at radius 1 is 0.833 bits per heavy atom. The van der Waals surface area contributed by atoms with E-state index in [1.54, 1.807) is 21.1 Å². The van der Waals surface area contributed by atoms with Gasteiger partial charge in [-0.2, -0.15) is 0 Å². The molecule has 2 rings (SSSR count). The molecule has 0 aromatic rings. The number of amides is 3. The fourth-order valence-corrected chi connectivity index (χ4v) is 4.43. The number of alkyl halides is 4. The number of nitrogens with one attached hydrogen (secondary N) is 6. The normalized spacial score (nSPS) is 13.1. The first-order valence-corrected chi connectivity index (χ1v) is 22.9. The number of carbonyl (C=O) groups is 2. The van der Waals surface area contributed by atoms with Gasteiger partial charge in [-0.25, -0.2) is 49.0 Å². The second-order valence-electron chi connectivity index (χ2n) is 9.72. The van der Waals surface area contributed by atoms with Crippen molar-refractivity contribution >= 4 is 58.1 Å². The van der Waals surface area contributed by atoms with Crippen molar-refractivity contribution in [3.8, 4) is 0 Å². The van der Waals surface area contributed by atoms with Crippen LogP contribution in [0.2, 0.25) is 0 Å². The lowest BCUT2D eigenvalue weighted by Crippen LogP contribution is -2.32. The number of likely N-dealkylation sites (tertiary alicyclic amines) is 1. The second-order valence-corrected chi connectivity index (χ2v) is 15.9. The van der Waals surface area contributed by atoms with E-state index in [1.807, 2.05) is 19.7 Å². The first-order chi connectivity index (χ1) is 24.5. The van der Waals surface area contributed by atoms with E-state index in [1.165, 1.54) is 54.1 Å². The third-order valence-corrected chi connectivity index (χ3v) is 9.72. The van der Waals surface area contributed by atoms with Crippen molar-refractivity contribution < 1.29 is 62.2 Å². The molecule has 0 radical (unpaired) electrons. The summed E-state index contributed by atoms with van der Waals surface area (Å²) in [6.07, 6.45) is 1.37. The molecule has 25 heteroatoms. The topological polar surface area (TPSA) is 240 Å². The van der Waals surface area contributed by atoms with Gasteiger partial charge in [0.15, 0.2) is 0 Å². The average Bonchev–Trinajstić information content (AvgIpc) is 3.86. The minimum Gasteiger partial charge on any atom is -0.450 e. The summed E-state index contributed by atoms with van der Waals surface area (Å²) in [5.41, 5.74) is 0. The molecule has 0 bridgehead atoms. The van der Waals surface area contributed by atoms with Crippen LogP contribution in [0.1, 0.15) is 60.3 Å². The SMILES string of the molecule is C.CBr.CCCS(=O)(=O)NC.CCNC(=O)NC.CCOC(=O)NC.CNS(=O)(=O)C1CC1.CNS(C)(=O)=O.COC(F)(F)F.COCCN1CCCC1. The molecule has 3 amide bonds. The van der Waals surface area contributed by atoms with Gasteiger partial charge in [0, 0.05) is 41.4 Å². The predicted molar refractivity (Wildman–Crippen MR) is 214 cm³/mol. The van der Waals surface area contributed by atoms with E-state index < -0.39 is 36.4 Å². The smallest absolute Gasteiger partial charge is 0.450 e. The van der Waals surface area contributed by atoms with E-state index in [0.29, 0.717) is 26.7 Å². The van der Waals surface area contributed by atoms with Gasteiger partial charge in [0.2, 0.25) is 30.1 Å². The highest BCUT2D eigenvalue weighted by Gasteiger charge is 2.34. The minimum atomic E-state index is -4.46. The zero-order valence-corrected chi connectivity index (χ0v) is 37.3. The number of hydrogen-bond donors (Lipinski definition) is 6. The molecule has 54 heavy (non-hydrogen) atoms. The molecule has 0 atom stereocenters. The molecule has 6 N–H and O–H groups in total. The molecule has 1 aliphatic carbocycles. The highest BCUT2D eigenvalue weighted by molar-refractivity contribution is 9.08. The van der Waals surface area contributed by atoms with Crippen LogP contribution in [-0.2, 0) is 44.3 Å². The minimum absolute atomic E-state index is 0. The molecule has 0 unspecified atom stereocenters. The number of sulfonamides is 3. The largest absolute Gasteiger partial charge is 0.522 e. The predicted octanol–water partition coefficient (Wildman–Crippen LogP) is 2.64. The van der Waals surface area contributed by atoms with Crippen LogP contribution >= 0.6 is 15.9 Å². The lowest BCUT2D eigenvalue weighted by molar-refractivity contribution is -0.311. The summed E-state index contributed by atoms with van der Waals surface area (Å²) in [6, 6.07) is -0.123. The Labute approximate surface area is 332 Å². The maximum absolute atomic E-state index is 10.7. The summed E-state index contributed by atoms with van der Waals surface area (Å²) in [4.78, 5) is 22.7. The Balaban J connectivity index is -0.0000000948. The molecular weight excluding hydrogens is 855 g/mol. The van der Waals surface area contributed by atoms with Gasteiger partial charge < -0.3 is 30.3 Å². The number of alkyl carbamates (subject to hydrolysis) is 1. The van der Waals surface area contributed by atoms with Gasteiger partial charge in [-0.1, -0.05) is 30.3 Å². The summed E-state index contributed by atoms with van der Waals surface area (Å²) in [5.74, 6) is 2.04. The number of carbonyl (C=O) groups excluding carboxylic acids is 2. The van der Waals surface area contributed by atoms with Crippen LogP contribution < -0.4 is 30.1 Å². The summed E-state index contributed by atoms with van der Waals surface area (Å²) in [7, 11) is 0.995. The van der Waals surface area contributed by atoms with E-state index >= 15 is 0 Å². The van der Waals surface area contributed by atoms with E-state index in [-0.39, 0.29) is 30.6 Å². The molecule has 0 aromatic heterocycles. The molecule has 1 heterocycles. The van der Waals surface area contributed by atoms with Crippen molar-refractivity contribution in [3.05, 3.63) is 0 Å². The summed E-state index contributed by atoms with van der Waals surface area (Å²) >= 11 is 2.94. The number of rotatable bonds is 11. The zero-order valence-electron chi connectivity index (χ0n) is 33.2. The van der Waals surface area contributed by atoms with Gasteiger partial charge >= 0.3 is 18.5 Å². The third kappa shape index (κ3) is 62.4. The maximum Gasteiger partial charge on any atom is 0.522 e. The summed E-state index contributed by atoms with van der Waals surface area (Å²) in [5, 5.41) is 7.19. The Kier molecular flexibility index (Phi) is 53.0. The van der Waals surface area contributed by atoms with Gasteiger partial charge in [0.25, 0.3) is 0 Å². The highest BCUT2D eigenvalue weighted by Crippen LogP contribution is 2.26. The van der Waals surface area contributed by atoms with Crippen LogP contribution in [-0.4, -0.2) is 161 Å². The number of hydrogen-bond acceptors (Lipinski definition) is 12. The maximum atomic E-state index is 10.7. The Hall–Kier alpha value is -1.58. The van der Waals surface area contributed by atoms with Crippen LogP contribution in [0.25, 0.3) is 0 Å². The van der Waals surface area contributed by atoms with E-state index in [0.717, 1.165) is 32.2 Å². The van der Waals surface area contributed by atoms with Crippen molar-refractivity contribution in [2.24, 2.45) is 0 Å². The lowest BCUT2D eigenvalue weighted by atomic mass is 10.4. The molecule has 0 aromatic carbocycles. The van der Waals surface area contributed by atoms with Gasteiger partial charge in [0.05, 0.1) is 30.5 Å². The van der Waals surface area contributed by atoms with Crippen molar-refractivity contribution in [1.82, 2.24) is 35.0 Å². The van der Waals surface area contributed by atoms with Crippen LogP contribution in [0.4, 0.5) is 22.8 Å². The van der Waals surface area contributed by atoms with Crippen molar-refractivity contribution in [3.63, 3.8) is 0 Å². The molecule has 2 aliphatic rings. The molecular formula is C29H71BrF3N7O11S3. The first kappa shape index (κ1) is 67.2. The van der Waals surface area contributed by atoms with E-state index in [2.05, 4.69) is 60.4 Å². The average molecular weight is 927 g/mol. The molecule has 18 nitrogen and oxygen atoms in total. The number of halogens is 4. The van der Waals surface area contributed by atoms with Crippen molar-refractivity contribution in [2.75, 3.05) is 107 Å². The highest BCUT2D eigenvalue weighted by atomic mass is 79.9. The van der Waals surface area contributed by atoms with Crippen LogP contribution in [0, 0.1) is 0 Å².